The van der Waals surface area contributed by atoms with Crippen LogP contribution in [-0.2, 0) is 0 Å². The van der Waals surface area contributed by atoms with E-state index in [0.29, 0.717) is 0 Å². The second-order valence-corrected chi connectivity index (χ2v) is 23.0. The maximum atomic E-state index is 2.51. The number of rotatable bonds is 6. The minimum atomic E-state index is -2.91. The van der Waals surface area contributed by atoms with Crippen molar-refractivity contribution in [2.24, 2.45) is 0 Å². The van der Waals surface area contributed by atoms with Gasteiger partial charge in [-0.3, -0.25) is 0 Å². The number of para-hydroxylation sites is 3. The third kappa shape index (κ3) is 4.74. The van der Waals surface area contributed by atoms with E-state index in [-0.39, 0.29) is 0 Å². The van der Waals surface area contributed by atoms with Crippen LogP contribution in [-0.4, -0.2) is 20.7 Å². The standard InChI is InChI=1S/C50H39NSi2/c1-52(2)47-27-15-13-24-43(47)44-34-31-37(35-49(44)52)36-29-32-41(33-30-36)53(39-19-8-4-9-20-39,40-21-10-5-11-22-40)48-28-16-25-45-42-23-12-14-26-46(42)51(50(45)48)38-17-6-3-7-18-38/h3-35H,1-2H3. The Bertz CT molecular complexity index is 2740. The maximum absolute atomic E-state index is 2.91. The highest BCUT2D eigenvalue weighted by Crippen LogP contribution is 2.34. The summed E-state index contributed by atoms with van der Waals surface area (Å²) < 4.78 is 2.51. The molecule has 0 amide bonds. The van der Waals surface area contributed by atoms with Crippen molar-refractivity contribution in [3.8, 4) is 27.9 Å². The zero-order chi connectivity index (χ0) is 35.6. The molecule has 1 aliphatic rings. The second-order valence-electron chi connectivity index (χ2n) is 14.9. The smallest absolute Gasteiger partial charge is 0.181 e. The quantitative estimate of drug-likeness (QED) is 0.120. The van der Waals surface area contributed by atoms with Gasteiger partial charge in [0.05, 0.1) is 11.0 Å². The lowest BCUT2D eigenvalue weighted by Gasteiger charge is -2.35. The van der Waals surface area contributed by atoms with E-state index in [9.17, 15) is 0 Å². The first-order valence-electron chi connectivity index (χ1n) is 18.6. The zero-order valence-electron chi connectivity index (χ0n) is 30.0. The number of fused-ring (bicyclic) bond motifs is 6. The molecule has 0 N–H and O–H groups in total. The van der Waals surface area contributed by atoms with Crippen LogP contribution in [0.4, 0.5) is 0 Å². The third-order valence-electron chi connectivity index (χ3n) is 11.8. The van der Waals surface area contributed by atoms with Crippen molar-refractivity contribution in [1.29, 1.82) is 0 Å². The van der Waals surface area contributed by atoms with Gasteiger partial charge in [0.15, 0.2) is 8.07 Å². The largest absolute Gasteiger partial charge is 0.309 e. The van der Waals surface area contributed by atoms with E-state index in [4.69, 9.17) is 0 Å². The highest BCUT2D eigenvalue weighted by atomic mass is 28.3. The lowest BCUT2D eigenvalue weighted by Crippen LogP contribution is -2.75. The topological polar surface area (TPSA) is 4.93 Å². The second kappa shape index (κ2) is 12.3. The van der Waals surface area contributed by atoms with E-state index in [2.05, 4.69) is 218 Å². The van der Waals surface area contributed by atoms with Crippen LogP contribution < -0.4 is 31.1 Å². The third-order valence-corrected chi connectivity index (χ3v) is 20.1. The molecule has 1 nitrogen and oxygen atoms in total. The van der Waals surface area contributed by atoms with E-state index < -0.39 is 16.1 Å². The van der Waals surface area contributed by atoms with Crippen molar-refractivity contribution in [1.82, 2.24) is 4.57 Å². The molecule has 3 heteroatoms. The summed E-state index contributed by atoms with van der Waals surface area (Å²) in [4.78, 5) is 0. The predicted molar refractivity (Wildman–Crippen MR) is 232 cm³/mol. The van der Waals surface area contributed by atoms with Crippen LogP contribution in [0.25, 0.3) is 49.7 Å². The molecule has 0 atom stereocenters. The summed E-state index contributed by atoms with van der Waals surface area (Å²) in [5.41, 5.74) is 9.08. The number of hydrogen-bond acceptors (Lipinski definition) is 0. The van der Waals surface area contributed by atoms with Gasteiger partial charge in [-0.2, -0.15) is 0 Å². The summed E-state index contributed by atoms with van der Waals surface area (Å²) in [5, 5.41) is 11.2. The molecular formula is C50H39NSi2. The molecule has 0 spiro atoms. The van der Waals surface area contributed by atoms with Crippen LogP contribution in [0.3, 0.4) is 0 Å². The average Bonchev–Trinajstić information content (AvgIpc) is 3.68. The van der Waals surface area contributed by atoms with Gasteiger partial charge in [-0.25, -0.2) is 0 Å². The summed E-state index contributed by atoms with van der Waals surface area (Å²) in [6.07, 6.45) is 0. The van der Waals surface area contributed by atoms with Crippen molar-refractivity contribution in [3.05, 3.63) is 200 Å². The molecule has 10 rings (SSSR count). The van der Waals surface area contributed by atoms with Gasteiger partial charge < -0.3 is 4.57 Å². The molecular weight excluding hydrogens is 671 g/mol. The summed E-state index contributed by atoms with van der Waals surface area (Å²) in [5.74, 6) is 0. The first kappa shape index (κ1) is 31.7. The molecule has 2 heterocycles. The number of nitrogens with zero attached hydrogens (tertiary/aromatic N) is 1. The van der Waals surface area contributed by atoms with E-state index in [1.54, 1.807) is 5.19 Å². The number of benzene rings is 8. The summed E-state index contributed by atoms with van der Waals surface area (Å²) in [7, 11) is -4.70. The number of hydrogen-bond donors (Lipinski definition) is 0. The van der Waals surface area contributed by atoms with Gasteiger partial charge in [-0.1, -0.05) is 195 Å². The Morgan fingerprint density at radius 3 is 1.68 bits per heavy atom. The van der Waals surface area contributed by atoms with Crippen molar-refractivity contribution >= 4 is 69.1 Å². The fraction of sp³-hybridized carbons (Fsp3) is 0.0400. The molecule has 0 aliphatic carbocycles. The van der Waals surface area contributed by atoms with Crippen molar-refractivity contribution < 1.29 is 0 Å². The fourth-order valence-corrected chi connectivity index (χ4v) is 17.3. The normalized spacial score (nSPS) is 13.2. The van der Waals surface area contributed by atoms with Gasteiger partial charge in [0, 0.05) is 16.5 Å². The van der Waals surface area contributed by atoms with Gasteiger partial charge in [0.2, 0.25) is 0 Å². The first-order valence-corrected chi connectivity index (χ1v) is 23.6. The van der Waals surface area contributed by atoms with Crippen LogP contribution in [0.5, 0.6) is 0 Å². The minimum absolute atomic E-state index is 1.18. The first-order chi connectivity index (χ1) is 26.1. The monoisotopic (exact) mass is 709 g/mol. The van der Waals surface area contributed by atoms with Crippen LogP contribution in [0.15, 0.2) is 200 Å². The Balaban J connectivity index is 1.24. The van der Waals surface area contributed by atoms with Crippen molar-refractivity contribution in [3.63, 3.8) is 0 Å². The minimum Gasteiger partial charge on any atom is -0.309 e. The molecule has 0 radical (unpaired) electrons. The highest BCUT2D eigenvalue weighted by molar-refractivity contribution is 7.20. The molecule has 252 valence electrons. The summed E-state index contributed by atoms with van der Waals surface area (Å²) >= 11 is 0. The summed E-state index contributed by atoms with van der Waals surface area (Å²) in [6, 6.07) is 75.3. The van der Waals surface area contributed by atoms with Crippen LogP contribution in [0, 0.1) is 0 Å². The Hall–Kier alpha value is -6.01. The Kier molecular flexibility index (Phi) is 7.36. The van der Waals surface area contributed by atoms with Crippen LogP contribution >= 0.6 is 0 Å². The van der Waals surface area contributed by atoms with Gasteiger partial charge in [-0.05, 0) is 71.6 Å². The average molecular weight is 710 g/mol. The Morgan fingerprint density at radius 2 is 0.962 bits per heavy atom. The molecule has 0 fully saturated rings. The van der Waals surface area contributed by atoms with Crippen LogP contribution in [0.1, 0.15) is 0 Å². The Morgan fingerprint density at radius 1 is 0.415 bits per heavy atom. The molecule has 0 bridgehead atoms. The SMILES string of the molecule is C[Si]1(C)c2ccccc2-c2ccc(-c3ccc([Si](c4ccccc4)(c4ccccc4)c4cccc5c6ccccc6n(-c6ccccc6)c45)cc3)cc21. The molecule has 53 heavy (non-hydrogen) atoms. The van der Waals surface area contributed by atoms with Gasteiger partial charge in [0.1, 0.15) is 8.07 Å². The lowest BCUT2D eigenvalue weighted by molar-refractivity contribution is 1.18. The maximum Gasteiger partial charge on any atom is 0.181 e. The van der Waals surface area contributed by atoms with Gasteiger partial charge in [0.25, 0.3) is 0 Å². The van der Waals surface area contributed by atoms with Crippen molar-refractivity contribution in [2.45, 2.75) is 13.1 Å². The molecule has 0 unspecified atom stereocenters. The van der Waals surface area contributed by atoms with E-state index in [1.165, 1.54) is 75.7 Å². The molecule has 9 aromatic rings. The molecule has 1 aromatic heterocycles. The lowest BCUT2D eigenvalue weighted by atomic mass is 10.0. The zero-order valence-corrected chi connectivity index (χ0v) is 32.0. The molecule has 1 aliphatic heterocycles. The molecule has 0 saturated carbocycles. The predicted octanol–water partition coefficient (Wildman–Crippen LogP) is 8.63. The van der Waals surface area contributed by atoms with E-state index >= 15 is 0 Å². The molecule has 8 aromatic carbocycles. The Labute approximate surface area is 313 Å². The number of aromatic nitrogens is 1. The highest BCUT2D eigenvalue weighted by Gasteiger charge is 2.44. The molecule has 0 saturated heterocycles. The van der Waals surface area contributed by atoms with Gasteiger partial charge >= 0.3 is 0 Å². The summed E-state index contributed by atoms with van der Waals surface area (Å²) in [6.45, 7) is 5.00. The van der Waals surface area contributed by atoms with Gasteiger partial charge in [-0.15, -0.1) is 0 Å². The van der Waals surface area contributed by atoms with E-state index in [1.807, 2.05) is 0 Å². The van der Waals surface area contributed by atoms with E-state index in [0.717, 1.165) is 0 Å². The van der Waals surface area contributed by atoms with Crippen LogP contribution in [0.2, 0.25) is 13.1 Å². The fourth-order valence-electron chi connectivity index (χ4n) is 9.31. The van der Waals surface area contributed by atoms with Crippen molar-refractivity contribution in [2.75, 3.05) is 0 Å².